The number of amidine groups is 1. The Morgan fingerprint density at radius 1 is 1.20 bits per heavy atom. The van der Waals surface area contributed by atoms with Gasteiger partial charge < -0.3 is 15.8 Å². The van der Waals surface area contributed by atoms with Crippen molar-refractivity contribution in [1.29, 1.82) is 5.41 Å². The first kappa shape index (κ1) is 17.2. The van der Waals surface area contributed by atoms with Gasteiger partial charge in [0.15, 0.2) is 0 Å². The highest BCUT2D eigenvalue weighted by Gasteiger charge is 2.14. The Kier molecular flexibility index (Phi) is 5.48. The minimum Gasteiger partial charge on any atom is -0.439 e. The summed E-state index contributed by atoms with van der Waals surface area (Å²) in [6.07, 6.45) is 6.57. The van der Waals surface area contributed by atoms with Gasteiger partial charge in [0.05, 0.1) is 0 Å². The first-order valence-electron chi connectivity index (χ1n) is 8.82. The number of rotatable bonds is 6. The van der Waals surface area contributed by atoms with Crippen molar-refractivity contribution >= 4 is 11.8 Å². The van der Waals surface area contributed by atoms with E-state index in [0.717, 1.165) is 12.2 Å². The van der Waals surface area contributed by atoms with E-state index < -0.39 is 0 Å². The van der Waals surface area contributed by atoms with Crippen LogP contribution in [0.15, 0.2) is 30.3 Å². The summed E-state index contributed by atoms with van der Waals surface area (Å²) < 4.78 is 5.82. The van der Waals surface area contributed by atoms with Crippen LogP contribution in [0.5, 0.6) is 11.6 Å². The molecule has 1 aliphatic rings. The molecule has 3 rings (SSSR count). The lowest BCUT2D eigenvalue weighted by Crippen LogP contribution is -2.18. The molecule has 1 aromatic carbocycles. The average Bonchev–Trinajstić information content (AvgIpc) is 2.61. The maximum Gasteiger partial charge on any atom is 0.226 e. The van der Waals surface area contributed by atoms with Crippen molar-refractivity contribution < 1.29 is 4.74 Å². The minimum absolute atomic E-state index is 0.0404. The number of benzene rings is 1. The van der Waals surface area contributed by atoms with Crippen molar-refractivity contribution in [2.45, 2.75) is 39.0 Å². The monoisotopic (exact) mass is 339 g/mol. The van der Waals surface area contributed by atoms with Crippen LogP contribution in [0.3, 0.4) is 0 Å². The van der Waals surface area contributed by atoms with Gasteiger partial charge in [-0.2, -0.15) is 4.98 Å². The van der Waals surface area contributed by atoms with Crippen LogP contribution in [0.25, 0.3) is 0 Å². The lowest BCUT2D eigenvalue weighted by molar-refractivity contribution is 0.372. The Hall–Kier alpha value is -2.63. The highest BCUT2D eigenvalue weighted by Crippen LogP contribution is 2.25. The lowest BCUT2D eigenvalue weighted by atomic mass is 9.89. The fraction of sp³-hybridized carbons (Fsp3) is 0.421. The summed E-state index contributed by atoms with van der Waals surface area (Å²) in [6, 6.07) is 8.89. The second kappa shape index (κ2) is 7.96. The van der Waals surface area contributed by atoms with Crippen molar-refractivity contribution in [3.05, 3.63) is 41.6 Å². The summed E-state index contributed by atoms with van der Waals surface area (Å²) in [5.41, 5.74) is 6.99. The number of hydrogen-bond donors (Lipinski definition) is 3. The maximum absolute atomic E-state index is 7.42. The molecule has 4 N–H and O–H groups in total. The SMILES string of the molecule is Cc1cc(Oc2ccc(C(=N)N)cc2)nc(NCC2CCCCC2)n1. The van der Waals surface area contributed by atoms with Crippen molar-refractivity contribution in [3.8, 4) is 11.6 Å². The molecule has 0 spiro atoms. The number of nitrogens with zero attached hydrogens (tertiary/aromatic N) is 2. The van der Waals surface area contributed by atoms with Gasteiger partial charge in [0, 0.05) is 23.9 Å². The number of aryl methyl sites for hydroxylation is 1. The molecule has 6 heteroatoms. The summed E-state index contributed by atoms with van der Waals surface area (Å²) in [7, 11) is 0. The molecular formula is C19H25N5O. The Bertz CT molecular complexity index is 723. The topological polar surface area (TPSA) is 96.9 Å². The normalized spacial score (nSPS) is 14.9. The Morgan fingerprint density at radius 2 is 1.92 bits per heavy atom. The molecule has 0 bridgehead atoms. The molecule has 2 aromatic rings. The first-order chi connectivity index (χ1) is 12.1. The standard InChI is InChI=1S/C19H25N5O/c1-13-11-17(25-16-9-7-15(8-10-16)18(20)21)24-19(23-13)22-12-14-5-3-2-4-6-14/h7-11,14H,2-6,12H2,1H3,(H3,20,21)(H,22,23,24). The molecule has 0 unspecified atom stereocenters. The molecule has 0 aliphatic heterocycles. The van der Waals surface area contributed by atoms with Crippen LogP contribution in [0.2, 0.25) is 0 Å². The van der Waals surface area contributed by atoms with E-state index in [1.165, 1.54) is 32.1 Å². The molecule has 1 fully saturated rings. The van der Waals surface area contributed by atoms with Gasteiger partial charge in [0.1, 0.15) is 11.6 Å². The van der Waals surface area contributed by atoms with Crippen LogP contribution in [0.4, 0.5) is 5.95 Å². The Balaban J connectivity index is 1.65. The van der Waals surface area contributed by atoms with Gasteiger partial charge in [0.2, 0.25) is 11.8 Å². The first-order valence-corrected chi connectivity index (χ1v) is 8.82. The van der Waals surface area contributed by atoms with E-state index in [-0.39, 0.29) is 5.84 Å². The van der Waals surface area contributed by atoms with Crippen molar-refractivity contribution in [2.24, 2.45) is 11.7 Å². The second-order valence-electron chi connectivity index (χ2n) is 6.60. The summed E-state index contributed by atoms with van der Waals surface area (Å²) in [4.78, 5) is 8.91. The molecule has 0 atom stereocenters. The third-order valence-electron chi connectivity index (χ3n) is 4.49. The highest BCUT2D eigenvalue weighted by atomic mass is 16.5. The number of hydrogen-bond acceptors (Lipinski definition) is 5. The molecule has 1 saturated carbocycles. The smallest absolute Gasteiger partial charge is 0.226 e. The predicted molar refractivity (Wildman–Crippen MR) is 99.4 cm³/mol. The van der Waals surface area contributed by atoms with E-state index in [0.29, 0.717) is 29.1 Å². The molecule has 0 radical (unpaired) electrons. The number of nitrogens with two attached hydrogens (primary N) is 1. The van der Waals surface area contributed by atoms with Crippen molar-refractivity contribution in [2.75, 3.05) is 11.9 Å². The third kappa shape index (κ3) is 4.92. The zero-order valence-corrected chi connectivity index (χ0v) is 14.6. The molecule has 1 aromatic heterocycles. The summed E-state index contributed by atoms with van der Waals surface area (Å²) >= 11 is 0. The van der Waals surface area contributed by atoms with Crippen LogP contribution in [0, 0.1) is 18.3 Å². The van der Waals surface area contributed by atoms with Crippen LogP contribution in [-0.2, 0) is 0 Å². The number of ether oxygens (including phenoxy) is 1. The molecule has 0 amide bonds. The second-order valence-corrected chi connectivity index (χ2v) is 6.60. The molecule has 0 saturated heterocycles. The highest BCUT2D eigenvalue weighted by molar-refractivity contribution is 5.94. The quantitative estimate of drug-likeness (QED) is 0.548. The fourth-order valence-corrected chi connectivity index (χ4v) is 3.12. The van der Waals surface area contributed by atoms with Gasteiger partial charge in [-0.25, -0.2) is 4.98 Å². The van der Waals surface area contributed by atoms with E-state index in [4.69, 9.17) is 15.9 Å². The van der Waals surface area contributed by atoms with Crippen LogP contribution >= 0.6 is 0 Å². The fourth-order valence-electron chi connectivity index (χ4n) is 3.12. The van der Waals surface area contributed by atoms with Gasteiger partial charge in [-0.15, -0.1) is 0 Å². The van der Waals surface area contributed by atoms with Gasteiger partial charge >= 0.3 is 0 Å². The lowest BCUT2D eigenvalue weighted by Gasteiger charge is -2.21. The minimum atomic E-state index is 0.0404. The molecule has 6 nitrogen and oxygen atoms in total. The molecular weight excluding hydrogens is 314 g/mol. The maximum atomic E-state index is 7.42. The summed E-state index contributed by atoms with van der Waals surface area (Å²) in [5.74, 6) is 2.52. The molecule has 1 aliphatic carbocycles. The average molecular weight is 339 g/mol. The van der Waals surface area contributed by atoms with E-state index in [1.54, 1.807) is 24.3 Å². The van der Waals surface area contributed by atoms with E-state index in [9.17, 15) is 0 Å². The third-order valence-corrected chi connectivity index (χ3v) is 4.49. The van der Waals surface area contributed by atoms with Gasteiger partial charge in [0.25, 0.3) is 0 Å². The Labute approximate surface area is 148 Å². The largest absolute Gasteiger partial charge is 0.439 e. The van der Waals surface area contributed by atoms with Crippen LogP contribution < -0.4 is 15.8 Å². The Morgan fingerprint density at radius 3 is 2.60 bits per heavy atom. The van der Waals surface area contributed by atoms with Gasteiger partial charge in [-0.1, -0.05) is 19.3 Å². The summed E-state index contributed by atoms with van der Waals surface area (Å²) in [6.45, 7) is 2.84. The van der Waals surface area contributed by atoms with Gasteiger partial charge in [-0.3, -0.25) is 5.41 Å². The van der Waals surface area contributed by atoms with Crippen LogP contribution in [0.1, 0.15) is 43.4 Å². The molecule has 1 heterocycles. The number of nitrogens with one attached hydrogen (secondary N) is 2. The van der Waals surface area contributed by atoms with E-state index >= 15 is 0 Å². The zero-order valence-electron chi connectivity index (χ0n) is 14.6. The predicted octanol–water partition coefficient (Wildman–Crippen LogP) is 3.85. The van der Waals surface area contributed by atoms with Gasteiger partial charge in [-0.05, 0) is 49.9 Å². The molecule has 25 heavy (non-hydrogen) atoms. The zero-order chi connectivity index (χ0) is 17.6. The number of nitrogen functional groups attached to an aromatic ring is 1. The van der Waals surface area contributed by atoms with E-state index in [1.807, 2.05) is 13.0 Å². The van der Waals surface area contributed by atoms with E-state index in [2.05, 4.69) is 15.3 Å². The number of aromatic nitrogens is 2. The van der Waals surface area contributed by atoms with Crippen molar-refractivity contribution in [1.82, 2.24) is 9.97 Å². The number of anilines is 1. The van der Waals surface area contributed by atoms with Crippen molar-refractivity contribution in [3.63, 3.8) is 0 Å². The molecule has 132 valence electrons. The van der Waals surface area contributed by atoms with Crippen LogP contribution in [-0.4, -0.2) is 22.3 Å². The summed E-state index contributed by atoms with van der Waals surface area (Å²) in [5, 5.41) is 10.8.